The van der Waals surface area contributed by atoms with Gasteiger partial charge in [0.25, 0.3) is 0 Å². The predicted molar refractivity (Wildman–Crippen MR) is 102 cm³/mol. The van der Waals surface area contributed by atoms with E-state index < -0.39 is 0 Å². The minimum atomic E-state index is 0.457. The maximum Gasteiger partial charge on any atom is 0.208 e. The maximum absolute atomic E-state index is 5.50. The number of aromatic nitrogens is 2. The molecule has 0 atom stereocenters. The van der Waals surface area contributed by atoms with Gasteiger partial charge in [0.1, 0.15) is 5.69 Å². The highest BCUT2D eigenvalue weighted by atomic mass is 16.7. The van der Waals surface area contributed by atoms with E-state index in [9.17, 15) is 0 Å². The molecule has 3 rings (SSSR count). The Balaban J connectivity index is 2.28. The lowest BCUT2D eigenvalue weighted by molar-refractivity contribution is 0.179. The van der Waals surface area contributed by atoms with Crippen molar-refractivity contribution in [2.75, 3.05) is 26.3 Å². The Bertz CT molecular complexity index is 778. The molecule has 1 aliphatic carbocycles. The van der Waals surface area contributed by atoms with Crippen molar-refractivity contribution < 1.29 is 9.57 Å². The van der Waals surface area contributed by atoms with Crippen LogP contribution in [0.4, 0.5) is 5.82 Å². The smallest absolute Gasteiger partial charge is 0.208 e. The number of rotatable bonds is 6. The number of benzene rings is 1. The van der Waals surface area contributed by atoms with Crippen molar-refractivity contribution in [1.29, 1.82) is 0 Å². The van der Waals surface area contributed by atoms with E-state index in [1.54, 1.807) is 24.0 Å². The second kappa shape index (κ2) is 7.57. The third kappa shape index (κ3) is 3.33. The fourth-order valence-electron chi connectivity index (χ4n) is 3.21. The monoisotopic (exact) mass is 339 g/mol. The van der Waals surface area contributed by atoms with Gasteiger partial charge in [0, 0.05) is 12.6 Å². The van der Waals surface area contributed by atoms with Crippen molar-refractivity contribution in [3.8, 4) is 11.3 Å². The lowest BCUT2D eigenvalue weighted by Crippen LogP contribution is -2.20. The van der Waals surface area contributed by atoms with Crippen molar-refractivity contribution in [3.05, 3.63) is 48.6 Å². The van der Waals surface area contributed by atoms with Gasteiger partial charge in [0.05, 0.1) is 19.8 Å². The van der Waals surface area contributed by atoms with Crippen LogP contribution in [0.3, 0.4) is 0 Å². The van der Waals surface area contributed by atoms with Crippen LogP contribution in [0.2, 0.25) is 0 Å². The summed E-state index contributed by atoms with van der Waals surface area (Å²) in [7, 11) is 5.12. The molecule has 1 aromatic carbocycles. The molecule has 0 amide bonds. The quantitative estimate of drug-likeness (QED) is 0.570. The molecule has 0 N–H and O–H groups in total. The average Bonchev–Trinajstić information content (AvgIpc) is 3.08. The van der Waals surface area contributed by atoms with Crippen LogP contribution in [-0.2, 0) is 9.57 Å². The lowest BCUT2D eigenvalue weighted by atomic mass is 9.91. The summed E-state index contributed by atoms with van der Waals surface area (Å²) in [4.78, 5) is 5.50. The Labute approximate surface area is 149 Å². The zero-order valence-electron chi connectivity index (χ0n) is 15.2. The number of methoxy groups -OCH3 is 1. The van der Waals surface area contributed by atoms with Crippen LogP contribution in [-0.4, -0.2) is 31.0 Å². The summed E-state index contributed by atoms with van der Waals surface area (Å²) in [6.45, 7) is 3.99. The number of hydrogen-bond acceptors (Lipinski definition) is 4. The van der Waals surface area contributed by atoms with Gasteiger partial charge in [-0.15, -0.1) is 0 Å². The molecule has 0 unspecified atom stereocenters. The van der Waals surface area contributed by atoms with E-state index in [0.717, 1.165) is 35.5 Å². The zero-order chi connectivity index (χ0) is 17.8. The summed E-state index contributed by atoms with van der Waals surface area (Å²) >= 11 is 0. The second-order valence-corrected chi connectivity index (χ2v) is 6.08. The fraction of sp³-hybridized carbons (Fsp3) is 0.350. The summed E-state index contributed by atoms with van der Waals surface area (Å²) in [5.41, 5.74) is 4.39. The Morgan fingerprint density at radius 1 is 1.20 bits per heavy atom. The number of hydroxylamine groups is 1. The van der Waals surface area contributed by atoms with E-state index in [2.05, 4.69) is 24.8 Å². The molecule has 2 aromatic rings. The molecule has 1 aliphatic rings. The van der Waals surface area contributed by atoms with Crippen molar-refractivity contribution in [3.63, 3.8) is 0 Å². The molecular weight excluding hydrogens is 314 g/mol. The van der Waals surface area contributed by atoms with E-state index in [-0.39, 0.29) is 0 Å². The highest BCUT2D eigenvalue weighted by Gasteiger charge is 2.27. The fourth-order valence-corrected chi connectivity index (χ4v) is 3.21. The Morgan fingerprint density at radius 3 is 2.56 bits per heavy atom. The van der Waals surface area contributed by atoms with Gasteiger partial charge in [-0.2, -0.15) is 9.78 Å². The SMILES string of the molecule is C=C(OC)n1nc(-c2ccccc2)c(C2=CCCCC2)c1N(C)OC. The first kappa shape index (κ1) is 17.3. The van der Waals surface area contributed by atoms with Crippen LogP contribution >= 0.6 is 0 Å². The molecule has 132 valence electrons. The Kier molecular flexibility index (Phi) is 5.24. The number of anilines is 1. The molecule has 1 heterocycles. The molecule has 5 nitrogen and oxygen atoms in total. The normalized spacial score (nSPS) is 14.1. The van der Waals surface area contributed by atoms with Crippen molar-refractivity contribution >= 4 is 17.3 Å². The van der Waals surface area contributed by atoms with Crippen LogP contribution in [0.5, 0.6) is 0 Å². The van der Waals surface area contributed by atoms with Gasteiger partial charge in [-0.05, 0) is 37.8 Å². The number of allylic oxidation sites excluding steroid dienone is 2. The van der Waals surface area contributed by atoms with E-state index in [1.165, 1.54) is 18.4 Å². The summed E-state index contributed by atoms with van der Waals surface area (Å²) in [6, 6.07) is 10.2. The Morgan fingerprint density at radius 2 is 1.96 bits per heavy atom. The molecule has 25 heavy (non-hydrogen) atoms. The van der Waals surface area contributed by atoms with Crippen LogP contribution in [0.15, 0.2) is 43.0 Å². The van der Waals surface area contributed by atoms with Crippen LogP contribution in [0.1, 0.15) is 31.2 Å². The molecule has 0 radical (unpaired) electrons. The van der Waals surface area contributed by atoms with Gasteiger partial charge in [0.15, 0.2) is 5.82 Å². The van der Waals surface area contributed by atoms with Crippen molar-refractivity contribution in [2.24, 2.45) is 0 Å². The molecule has 0 saturated carbocycles. The first-order chi connectivity index (χ1) is 12.2. The van der Waals surface area contributed by atoms with Crippen molar-refractivity contribution in [2.45, 2.75) is 25.7 Å². The molecule has 0 aliphatic heterocycles. The van der Waals surface area contributed by atoms with Gasteiger partial charge in [-0.1, -0.05) is 36.4 Å². The first-order valence-electron chi connectivity index (χ1n) is 8.56. The zero-order valence-corrected chi connectivity index (χ0v) is 15.2. The van der Waals surface area contributed by atoms with Crippen LogP contribution < -0.4 is 5.06 Å². The van der Waals surface area contributed by atoms with Gasteiger partial charge in [0.2, 0.25) is 5.88 Å². The van der Waals surface area contributed by atoms with Crippen LogP contribution in [0, 0.1) is 0 Å². The molecule has 0 fully saturated rings. The second-order valence-electron chi connectivity index (χ2n) is 6.08. The topological polar surface area (TPSA) is 39.5 Å². The van der Waals surface area contributed by atoms with Gasteiger partial charge in [-0.25, -0.2) is 5.06 Å². The van der Waals surface area contributed by atoms with Crippen molar-refractivity contribution in [1.82, 2.24) is 9.78 Å². The maximum atomic E-state index is 5.50. The molecule has 5 heteroatoms. The summed E-state index contributed by atoms with van der Waals surface area (Å²) in [5.74, 6) is 1.29. The van der Waals surface area contributed by atoms with Gasteiger partial charge in [-0.3, -0.25) is 4.84 Å². The van der Waals surface area contributed by atoms with Crippen LogP contribution in [0.25, 0.3) is 22.7 Å². The minimum absolute atomic E-state index is 0.457. The first-order valence-corrected chi connectivity index (χ1v) is 8.56. The summed E-state index contributed by atoms with van der Waals surface area (Å²) in [5, 5.41) is 6.54. The van der Waals surface area contributed by atoms with E-state index in [4.69, 9.17) is 14.7 Å². The van der Waals surface area contributed by atoms with E-state index in [1.807, 2.05) is 25.2 Å². The molecule has 0 bridgehead atoms. The highest BCUT2D eigenvalue weighted by Crippen LogP contribution is 2.41. The lowest BCUT2D eigenvalue weighted by Gasteiger charge is -2.22. The van der Waals surface area contributed by atoms with E-state index >= 15 is 0 Å². The third-order valence-electron chi connectivity index (χ3n) is 4.56. The molecule has 0 spiro atoms. The number of hydrogen-bond donors (Lipinski definition) is 0. The minimum Gasteiger partial charge on any atom is -0.481 e. The number of ether oxygens (including phenoxy) is 1. The summed E-state index contributed by atoms with van der Waals surface area (Å²) in [6.07, 6.45) is 6.87. The van der Waals surface area contributed by atoms with E-state index in [0.29, 0.717) is 5.88 Å². The predicted octanol–water partition coefficient (Wildman–Crippen LogP) is 4.58. The summed E-state index contributed by atoms with van der Waals surface area (Å²) < 4.78 is 7.09. The average molecular weight is 339 g/mol. The van der Waals surface area contributed by atoms with Gasteiger partial charge < -0.3 is 4.74 Å². The molecule has 0 saturated heterocycles. The largest absolute Gasteiger partial charge is 0.481 e. The molecular formula is C20H25N3O2. The number of nitrogens with zero attached hydrogens (tertiary/aromatic N) is 3. The standard InChI is InChI=1S/C20H25N3O2/c1-15(24-3)23-20(22(2)25-4)18(16-11-7-5-8-12-16)19(21-23)17-13-9-6-10-14-17/h6,9-11,13-14H,1,5,7-8,12H2,2-4H3. The highest BCUT2D eigenvalue weighted by molar-refractivity contribution is 5.87. The Hall–Kier alpha value is -2.53. The third-order valence-corrected chi connectivity index (χ3v) is 4.56. The molecule has 1 aromatic heterocycles. The van der Waals surface area contributed by atoms with Gasteiger partial charge >= 0.3 is 0 Å².